The first-order valence-electron chi connectivity index (χ1n) is 22.2. The van der Waals surface area contributed by atoms with Gasteiger partial charge >= 0.3 is 0 Å². The van der Waals surface area contributed by atoms with Crippen molar-refractivity contribution in [3.05, 3.63) is 0 Å². The topological polar surface area (TPSA) is 342 Å². The standard InChI is InChI=1S/C41H74N6O17/c1-25(50)45-34-38(58)36(56)28(23-48)63-40(34)61-19-11-6-9-16-42-31(53)15-14-27(21-32(54)43-17-8-4-5-10-18-60-3)47-33(55)22-44-30(52)13-7-12-20-62-41-35(46-26(2)51)39(59)37(57)29(24-49)64-41/h27-29,34-41,48-49,56-59H,4-24H2,1-3H3,(H,42,53)(H,43,54)(H,44,52)(H,45,50)(H,46,51)(H,47,55)/t27-,28?,29?,34?,35?,36-,37-,38+,39+,40+,41+/m0/s1. The molecule has 6 amide bonds. The Morgan fingerprint density at radius 2 is 1.03 bits per heavy atom. The van der Waals surface area contributed by atoms with Crippen LogP contribution in [0.2, 0.25) is 0 Å². The summed E-state index contributed by atoms with van der Waals surface area (Å²) in [6.07, 6.45) is -4.05. The number of unbranched alkanes of at least 4 members (excludes halogenated alkanes) is 6. The minimum Gasteiger partial charge on any atom is -0.394 e. The number of rotatable bonds is 32. The van der Waals surface area contributed by atoms with Crippen LogP contribution in [0, 0.1) is 0 Å². The highest BCUT2D eigenvalue weighted by molar-refractivity contribution is 5.85. The van der Waals surface area contributed by atoms with Crippen molar-refractivity contribution < 1.29 is 83.1 Å². The molecular weight excluding hydrogens is 848 g/mol. The van der Waals surface area contributed by atoms with Crippen LogP contribution < -0.4 is 31.9 Å². The third-order valence-electron chi connectivity index (χ3n) is 10.6. The highest BCUT2D eigenvalue weighted by Gasteiger charge is 2.46. The Bertz CT molecular complexity index is 1400. The number of carbonyl (C=O) groups excluding carboxylic acids is 6. The van der Waals surface area contributed by atoms with Gasteiger partial charge in [0.15, 0.2) is 12.6 Å². The number of nitrogens with one attached hydrogen (secondary N) is 6. The van der Waals surface area contributed by atoms with E-state index in [-0.39, 0.29) is 57.3 Å². The van der Waals surface area contributed by atoms with Gasteiger partial charge < -0.3 is 86.2 Å². The molecule has 4 unspecified atom stereocenters. The lowest BCUT2D eigenvalue weighted by atomic mass is 9.97. The number of carbonyl (C=O) groups is 6. The van der Waals surface area contributed by atoms with Crippen LogP contribution in [0.4, 0.5) is 0 Å². The molecule has 0 aliphatic carbocycles. The molecule has 370 valence electrons. The molecule has 23 heteroatoms. The smallest absolute Gasteiger partial charge is 0.239 e. The molecule has 0 aromatic carbocycles. The van der Waals surface area contributed by atoms with Gasteiger partial charge in [-0.2, -0.15) is 0 Å². The zero-order chi connectivity index (χ0) is 47.4. The highest BCUT2D eigenvalue weighted by atomic mass is 16.7. The first kappa shape index (κ1) is 56.5. The van der Waals surface area contributed by atoms with E-state index >= 15 is 0 Å². The normalized spacial score (nSPS) is 26.0. The van der Waals surface area contributed by atoms with Gasteiger partial charge in [0, 0.05) is 79.2 Å². The molecule has 2 aliphatic heterocycles. The fraction of sp³-hybridized carbons (Fsp3) is 0.854. The molecule has 12 N–H and O–H groups in total. The Morgan fingerprint density at radius 3 is 1.55 bits per heavy atom. The van der Waals surface area contributed by atoms with E-state index in [1.54, 1.807) is 7.11 Å². The van der Waals surface area contributed by atoms with Crippen LogP contribution >= 0.6 is 0 Å². The van der Waals surface area contributed by atoms with E-state index in [0.29, 0.717) is 51.8 Å². The molecule has 0 bridgehead atoms. The van der Waals surface area contributed by atoms with E-state index in [4.69, 9.17) is 23.7 Å². The summed E-state index contributed by atoms with van der Waals surface area (Å²) in [6.45, 7) is 2.66. The Kier molecular flexibility index (Phi) is 28.4. The van der Waals surface area contributed by atoms with Gasteiger partial charge in [-0.1, -0.05) is 12.8 Å². The lowest BCUT2D eigenvalue weighted by molar-refractivity contribution is -0.270. The monoisotopic (exact) mass is 923 g/mol. The summed E-state index contributed by atoms with van der Waals surface area (Å²) in [6, 6.07) is -2.83. The number of hydrogen-bond donors (Lipinski definition) is 12. The van der Waals surface area contributed by atoms with Gasteiger partial charge in [-0.3, -0.25) is 28.8 Å². The fourth-order valence-corrected chi connectivity index (χ4v) is 7.06. The molecular formula is C41H74N6O17. The second-order valence-corrected chi connectivity index (χ2v) is 16.0. The maximum absolute atomic E-state index is 12.9. The van der Waals surface area contributed by atoms with Gasteiger partial charge in [-0.15, -0.1) is 0 Å². The van der Waals surface area contributed by atoms with Crippen molar-refractivity contribution in [2.24, 2.45) is 0 Å². The maximum Gasteiger partial charge on any atom is 0.239 e. The summed E-state index contributed by atoms with van der Waals surface area (Å²) < 4.78 is 27.5. The van der Waals surface area contributed by atoms with Gasteiger partial charge in [0.1, 0.15) is 48.7 Å². The summed E-state index contributed by atoms with van der Waals surface area (Å²) in [5.74, 6) is -2.50. The third-order valence-corrected chi connectivity index (χ3v) is 10.6. The van der Waals surface area contributed by atoms with E-state index in [0.717, 1.165) is 25.7 Å². The Morgan fingerprint density at radius 1 is 0.562 bits per heavy atom. The minimum atomic E-state index is -1.45. The summed E-state index contributed by atoms with van der Waals surface area (Å²) in [5.41, 5.74) is 0. The number of ether oxygens (including phenoxy) is 5. The first-order valence-corrected chi connectivity index (χ1v) is 22.2. The molecule has 23 nitrogen and oxygen atoms in total. The zero-order valence-electron chi connectivity index (χ0n) is 37.4. The second-order valence-electron chi connectivity index (χ2n) is 16.0. The van der Waals surface area contributed by atoms with Gasteiger partial charge in [0.05, 0.1) is 19.8 Å². The Hall–Kier alpha value is -3.62. The van der Waals surface area contributed by atoms with Crippen molar-refractivity contribution in [3.8, 4) is 0 Å². The average molecular weight is 923 g/mol. The summed E-state index contributed by atoms with van der Waals surface area (Å²) in [5, 5.41) is 76.0. The van der Waals surface area contributed by atoms with E-state index in [1.807, 2.05) is 0 Å². The van der Waals surface area contributed by atoms with Crippen molar-refractivity contribution >= 4 is 35.4 Å². The van der Waals surface area contributed by atoms with E-state index in [1.165, 1.54) is 13.8 Å². The zero-order valence-corrected chi connectivity index (χ0v) is 37.4. The van der Waals surface area contributed by atoms with Crippen LogP contribution in [-0.2, 0) is 52.5 Å². The lowest BCUT2D eigenvalue weighted by Crippen LogP contribution is -2.64. The quantitative estimate of drug-likeness (QED) is 0.0291. The Balaban J connectivity index is 1.77. The Labute approximate surface area is 374 Å². The van der Waals surface area contributed by atoms with Crippen LogP contribution in [0.25, 0.3) is 0 Å². The predicted molar refractivity (Wildman–Crippen MR) is 225 cm³/mol. The van der Waals surface area contributed by atoms with Crippen molar-refractivity contribution in [2.75, 3.05) is 59.8 Å². The number of amides is 6. The van der Waals surface area contributed by atoms with Gasteiger partial charge in [-0.05, 0) is 51.4 Å². The number of hydrogen-bond acceptors (Lipinski definition) is 17. The predicted octanol–water partition coefficient (Wildman–Crippen LogP) is -3.54. The van der Waals surface area contributed by atoms with Crippen molar-refractivity contribution in [3.63, 3.8) is 0 Å². The van der Waals surface area contributed by atoms with Gasteiger partial charge in [0.25, 0.3) is 0 Å². The molecule has 2 fully saturated rings. The van der Waals surface area contributed by atoms with Crippen LogP contribution in [-0.4, -0.2) is 193 Å². The molecule has 64 heavy (non-hydrogen) atoms. The maximum atomic E-state index is 12.9. The van der Waals surface area contributed by atoms with Crippen LogP contribution in [0.1, 0.15) is 97.3 Å². The third kappa shape index (κ3) is 22.0. The minimum absolute atomic E-state index is 0.0106. The van der Waals surface area contributed by atoms with Crippen LogP contribution in [0.15, 0.2) is 0 Å². The number of aliphatic hydroxyl groups excluding tert-OH is 6. The first-order chi connectivity index (χ1) is 30.6. The van der Waals surface area contributed by atoms with Crippen molar-refractivity contribution in [1.29, 1.82) is 0 Å². The largest absolute Gasteiger partial charge is 0.394 e. The molecule has 0 aromatic heterocycles. The molecule has 2 heterocycles. The average Bonchev–Trinajstić information content (AvgIpc) is 3.25. The molecule has 0 aromatic rings. The molecule has 2 rings (SSSR count). The summed E-state index contributed by atoms with van der Waals surface area (Å²) in [4.78, 5) is 74.2. The molecule has 0 radical (unpaired) electrons. The molecule has 2 saturated heterocycles. The van der Waals surface area contributed by atoms with Crippen molar-refractivity contribution in [2.45, 2.75) is 165 Å². The molecule has 2 aliphatic rings. The highest BCUT2D eigenvalue weighted by Crippen LogP contribution is 2.24. The van der Waals surface area contributed by atoms with E-state index in [2.05, 4.69) is 31.9 Å². The van der Waals surface area contributed by atoms with Crippen molar-refractivity contribution in [1.82, 2.24) is 31.9 Å². The van der Waals surface area contributed by atoms with E-state index < -0.39 is 104 Å². The number of methoxy groups -OCH3 is 1. The second kappa shape index (κ2) is 32.1. The van der Waals surface area contributed by atoms with Crippen LogP contribution in [0.3, 0.4) is 0 Å². The molecule has 0 saturated carbocycles. The summed E-state index contributed by atoms with van der Waals surface area (Å²) >= 11 is 0. The fourth-order valence-electron chi connectivity index (χ4n) is 7.06. The SMILES string of the molecule is COCCCCCCNC(=O)C[C@H](CCC(=O)NCCCCCO[C@@H]1OC(CO)[C@H](O)[C@H](O)C1NC(C)=O)NC(=O)CNC(=O)CCCCO[C@@H]1OC(CO)[C@H](O)[C@H](O)C1NC(C)=O. The van der Waals surface area contributed by atoms with Gasteiger partial charge in [-0.25, -0.2) is 0 Å². The van der Waals surface area contributed by atoms with E-state index in [9.17, 15) is 59.4 Å². The number of aliphatic hydroxyl groups is 6. The lowest BCUT2D eigenvalue weighted by Gasteiger charge is -2.42. The molecule has 0 spiro atoms. The van der Waals surface area contributed by atoms with Gasteiger partial charge in [0.2, 0.25) is 35.4 Å². The summed E-state index contributed by atoms with van der Waals surface area (Å²) in [7, 11) is 1.64. The molecule has 11 atom stereocenters. The van der Waals surface area contributed by atoms with Crippen LogP contribution in [0.5, 0.6) is 0 Å².